The standard InChI is InChI=1S/C21H24N2O2S/c1-14(2)22-21(25)18-8-3-4-9-19(18)23-20(24)13-26-17-11-10-15-6-5-7-16(15)12-17/h3-4,8-12,14H,5-7,13H2,1-2H3,(H,22,25)(H,23,24). The highest BCUT2D eigenvalue weighted by Crippen LogP contribution is 2.27. The van der Waals surface area contributed by atoms with Gasteiger partial charge in [-0.3, -0.25) is 9.59 Å². The number of carbonyl (C=O) groups excluding carboxylic acids is 2. The second-order valence-electron chi connectivity index (χ2n) is 6.79. The molecule has 136 valence electrons. The Morgan fingerprint density at radius 2 is 1.85 bits per heavy atom. The lowest BCUT2D eigenvalue weighted by Gasteiger charge is -2.13. The van der Waals surface area contributed by atoms with Gasteiger partial charge in [-0.05, 0) is 68.5 Å². The molecule has 4 nitrogen and oxygen atoms in total. The fraction of sp³-hybridized carbons (Fsp3) is 0.333. The molecule has 26 heavy (non-hydrogen) atoms. The SMILES string of the molecule is CC(C)NC(=O)c1ccccc1NC(=O)CSc1ccc2c(c1)CCC2. The number of nitrogens with one attached hydrogen (secondary N) is 2. The smallest absolute Gasteiger partial charge is 0.253 e. The van der Waals surface area contributed by atoms with Crippen LogP contribution >= 0.6 is 11.8 Å². The summed E-state index contributed by atoms with van der Waals surface area (Å²) in [5.41, 5.74) is 3.87. The molecule has 0 aliphatic heterocycles. The van der Waals surface area contributed by atoms with E-state index in [-0.39, 0.29) is 17.9 Å². The van der Waals surface area contributed by atoms with Gasteiger partial charge in [0.15, 0.2) is 0 Å². The fourth-order valence-electron chi connectivity index (χ4n) is 3.10. The number of hydrogen-bond donors (Lipinski definition) is 2. The van der Waals surface area contributed by atoms with Crippen LogP contribution in [-0.4, -0.2) is 23.6 Å². The van der Waals surface area contributed by atoms with Gasteiger partial charge in [0.05, 0.1) is 17.0 Å². The normalized spacial score (nSPS) is 12.7. The van der Waals surface area contributed by atoms with Gasteiger partial charge in [-0.25, -0.2) is 0 Å². The average molecular weight is 369 g/mol. The Kier molecular flexibility index (Phi) is 5.99. The molecule has 0 unspecified atom stereocenters. The first kappa shape index (κ1) is 18.5. The van der Waals surface area contributed by atoms with E-state index in [1.807, 2.05) is 19.9 Å². The number of hydrogen-bond acceptors (Lipinski definition) is 3. The number of aryl methyl sites for hydroxylation is 2. The van der Waals surface area contributed by atoms with E-state index in [2.05, 4.69) is 28.8 Å². The summed E-state index contributed by atoms with van der Waals surface area (Å²) in [6.07, 6.45) is 3.52. The van der Waals surface area contributed by atoms with Gasteiger partial charge in [-0.2, -0.15) is 0 Å². The van der Waals surface area contributed by atoms with Gasteiger partial charge in [-0.1, -0.05) is 18.2 Å². The van der Waals surface area contributed by atoms with E-state index in [9.17, 15) is 9.59 Å². The van der Waals surface area contributed by atoms with Crippen molar-refractivity contribution in [2.24, 2.45) is 0 Å². The van der Waals surface area contributed by atoms with E-state index in [1.165, 1.54) is 29.3 Å². The molecule has 0 bridgehead atoms. The first-order valence-electron chi connectivity index (χ1n) is 8.97. The highest BCUT2D eigenvalue weighted by molar-refractivity contribution is 8.00. The zero-order valence-electron chi connectivity index (χ0n) is 15.2. The summed E-state index contributed by atoms with van der Waals surface area (Å²) in [7, 11) is 0. The molecule has 0 radical (unpaired) electrons. The van der Waals surface area contributed by atoms with Crippen LogP contribution < -0.4 is 10.6 Å². The number of fused-ring (bicyclic) bond motifs is 1. The van der Waals surface area contributed by atoms with E-state index in [4.69, 9.17) is 0 Å². The van der Waals surface area contributed by atoms with E-state index in [0.717, 1.165) is 17.7 Å². The van der Waals surface area contributed by atoms with Crippen LogP contribution in [0.15, 0.2) is 47.4 Å². The summed E-state index contributed by atoms with van der Waals surface area (Å²) < 4.78 is 0. The predicted molar refractivity (Wildman–Crippen MR) is 107 cm³/mol. The minimum atomic E-state index is -0.179. The van der Waals surface area contributed by atoms with Gasteiger partial charge in [0.1, 0.15) is 0 Å². The van der Waals surface area contributed by atoms with Gasteiger partial charge < -0.3 is 10.6 Å². The Morgan fingerprint density at radius 1 is 1.08 bits per heavy atom. The Bertz CT molecular complexity index is 817. The van der Waals surface area contributed by atoms with Gasteiger partial charge in [0, 0.05) is 10.9 Å². The maximum Gasteiger partial charge on any atom is 0.253 e. The van der Waals surface area contributed by atoms with Crippen molar-refractivity contribution in [2.75, 3.05) is 11.1 Å². The van der Waals surface area contributed by atoms with E-state index in [1.54, 1.807) is 18.2 Å². The highest BCUT2D eigenvalue weighted by Gasteiger charge is 2.15. The Labute approximate surface area is 158 Å². The number of thioether (sulfide) groups is 1. The molecule has 0 spiro atoms. The molecule has 0 fully saturated rings. The quantitative estimate of drug-likeness (QED) is 0.757. The number of benzene rings is 2. The summed E-state index contributed by atoms with van der Waals surface area (Å²) in [5, 5.41) is 5.73. The zero-order chi connectivity index (χ0) is 18.5. The molecule has 0 atom stereocenters. The third-order valence-corrected chi connectivity index (χ3v) is 5.30. The molecule has 0 saturated carbocycles. The second-order valence-corrected chi connectivity index (χ2v) is 7.84. The molecule has 1 aliphatic rings. The van der Waals surface area contributed by atoms with Crippen LogP contribution in [0.2, 0.25) is 0 Å². The molecule has 3 rings (SSSR count). The summed E-state index contributed by atoms with van der Waals surface area (Å²) in [4.78, 5) is 25.7. The molecule has 2 aromatic carbocycles. The summed E-state index contributed by atoms with van der Waals surface area (Å²) >= 11 is 1.53. The van der Waals surface area contributed by atoms with Crippen molar-refractivity contribution < 1.29 is 9.59 Å². The molecule has 2 amide bonds. The lowest BCUT2D eigenvalue weighted by atomic mass is 10.1. The number of rotatable bonds is 6. The summed E-state index contributed by atoms with van der Waals surface area (Å²) in [5.74, 6) is 0.0290. The van der Waals surface area contributed by atoms with Crippen molar-refractivity contribution in [3.05, 3.63) is 59.2 Å². The molecule has 0 saturated heterocycles. The third kappa shape index (κ3) is 4.67. The molecule has 2 aromatic rings. The van der Waals surface area contributed by atoms with Gasteiger partial charge in [-0.15, -0.1) is 11.8 Å². The topological polar surface area (TPSA) is 58.2 Å². The second kappa shape index (κ2) is 8.41. The van der Waals surface area contributed by atoms with E-state index < -0.39 is 0 Å². The van der Waals surface area contributed by atoms with Crippen LogP contribution in [0.5, 0.6) is 0 Å². The van der Waals surface area contributed by atoms with Crippen molar-refractivity contribution in [3.63, 3.8) is 0 Å². The molecular weight excluding hydrogens is 344 g/mol. The first-order valence-corrected chi connectivity index (χ1v) is 9.96. The molecule has 0 heterocycles. The van der Waals surface area contributed by atoms with E-state index >= 15 is 0 Å². The minimum Gasteiger partial charge on any atom is -0.350 e. The Balaban J connectivity index is 1.61. The maximum absolute atomic E-state index is 12.4. The maximum atomic E-state index is 12.4. The van der Waals surface area contributed by atoms with Crippen LogP contribution in [0, 0.1) is 0 Å². The van der Waals surface area contributed by atoms with Crippen molar-refractivity contribution in [2.45, 2.75) is 44.0 Å². The molecule has 5 heteroatoms. The molecular formula is C21H24N2O2S. The van der Waals surface area contributed by atoms with Crippen molar-refractivity contribution in [3.8, 4) is 0 Å². The predicted octanol–water partition coefficient (Wildman–Crippen LogP) is 4.04. The monoisotopic (exact) mass is 368 g/mol. The lowest BCUT2D eigenvalue weighted by Crippen LogP contribution is -2.31. The van der Waals surface area contributed by atoms with Gasteiger partial charge >= 0.3 is 0 Å². The van der Waals surface area contributed by atoms with Crippen LogP contribution in [0.25, 0.3) is 0 Å². The van der Waals surface area contributed by atoms with Crippen molar-refractivity contribution in [1.82, 2.24) is 5.32 Å². The summed E-state index contributed by atoms with van der Waals surface area (Å²) in [6.45, 7) is 3.82. The van der Waals surface area contributed by atoms with Crippen LogP contribution in [-0.2, 0) is 17.6 Å². The number of anilines is 1. The lowest BCUT2D eigenvalue weighted by molar-refractivity contribution is -0.113. The third-order valence-electron chi connectivity index (χ3n) is 4.31. The Morgan fingerprint density at radius 3 is 2.65 bits per heavy atom. The molecule has 1 aliphatic carbocycles. The minimum absolute atomic E-state index is 0.0432. The Hall–Kier alpha value is -2.27. The van der Waals surface area contributed by atoms with E-state index in [0.29, 0.717) is 17.0 Å². The average Bonchev–Trinajstić information content (AvgIpc) is 3.07. The highest BCUT2D eigenvalue weighted by atomic mass is 32.2. The van der Waals surface area contributed by atoms with Crippen LogP contribution in [0.1, 0.15) is 41.8 Å². The van der Waals surface area contributed by atoms with Crippen LogP contribution in [0.3, 0.4) is 0 Å². The zero-order valence-corrected chi connectivity index (χ0v) is 16.0. The molecule has 2 N–H and O–H groups in total. The first-order chi connectivity index (χ1) is 12.5. The van der Waals surface area contributed by atoms with Crippen molar-refractivity contribution in [1.29, 1.82) is 0 Å². The number of para-hydroxylation sites is 1. The molecule has 0 aromatic heterocycles. The van der Waals surface area contributed by atoms with Gasteiger partial charge in [0.25, 0.3) is 5.91 Å². The largest absolute Gasteiger partial charge is 0.350 e. The summed E-state index contributed by atoms with van der Waals surface area (Å²) in [6, 6.07) is 13.6. The van der Waals surface area contributed by atoms with Crippen molar-refractivity contribution >= 4 is 29.3 Å². The van der Waals surface area contributed by atoms with Crippen LogP contribution in [0.4, 0.5) is 5.69 Å². The fourth-order valence-corrected chi connectivity index (χ4v) is 3.86. The number of carbonyl (C=O) groups is 2. The van der Waals surface area contributed by atoms with Gasteiger partial charge in [0.2, 0.25) is 5.91 Å². The number of amides is 2.